The lowest BCUT2D eigenvalue weighted by molar-refractivity contribution is -0.125. The molecule has 11 heteroatoms. The predicted molar refractivity (Wildman–Crippen MR) is 181 cm³/mol. The summed E-state index contributed by atoms with van der Waals surface area (Å²) in [6.07, 6.45) is 3.73. The van der Waals surface area contributed by atoms with E-state index in [1.54, 1.807) is 29.2 Å². The maximum Gasteiger partial charge on any atom is 0.257 e. The van der Waals surface area contributed by atoms with Gasteiger partial charge in [-0.3, -0.25) is 19.7 Å². The molecule has 3 amide bonds. The van der Waals surface area contributed by atoms with E-state index in [9.17, 15) is 14.4 Å². The van der Waals surface area contributed by atoms with Gasteiger partial charge in [0.15, 0.2) is 5.13 Å². The van der Waals surface area contributed by atoms with Gasteiger partial charge in [0.25, 0.3) is 11.8 Å². The Morgan fingerprint density at radius 1 is 1.13 bits per heavy atom. The van der Waals surface area contributed by atoms with Gasteiger partial charge in [0, 0.05) is 49.2 Å². The SMILES string of the molecule is C=CC(=O)N1CCCN(C(=O)c2cc(Sc3cnc(NC(=O)c4cccc(CN[C@H](C)C(C)(C)C)c4)s3)c(C)cc2OC)CC1. The third-order valence-corrected chi connectivity index (χ3v) is 10.2. The molecule has 3 aromatic rings. The Hall–Kier alpha value is -3.67. The number of rotatable bonds is 10. The summed E-state index contributed by atoms with van der Waals surface area (Å²) in [7, 11) is 1.56. The van der Waals surface area contributed by atoms with E-state index in [-0.39, 0.29) is 23.1 Å². The van der Waals surface area contributed by atoms with Crippen LogP contribution < -0.4 is 15.4 Å². The first kappa shape index (κ1) is 34.2. The predicted octanol–water partition coefficient (Wildman–Crippen LogP) is 6.25. The highest BCUT2D eigenvalue weighted by atomic mass is 32.2. The van der Waals surface area contributed by atoms with Crippen LogP contribution in [-0.4, -0.2) is 71.8 Å². The molecule has 4 rings (SSSR count). The highest BCUT2D eigenvalue weighted by molar-refractivity contribution is 8.01. The van der Waals surface area contributed by atoms with Gasteiger partial charge < -0.3 is 19.9 Å². The highest BCUT2D eigenvalue weighted by Crippen LogP contribution is 2.38. The van der Waals surface area contributed by atoms with Crippen molar-refractivity contribution in [3.8, 4) is 5.75 Å². The van der Waals surface area contributed by atoms with Crippen LogP contribution in [0.25, 0.3) is 0 Å². The van der Waals surface area contributed by atoms with E-state index in [1.807, 2.05) is 37.3 Å². The van der Waals surface area contributed by atoms with Gasteiger partial charge in [-0.15, -0.1) is 0 Å². The summed E-state index contributed by atoms with van der Waals surface area (Å²) >= 11 is 2.86. The van der Waals surface area contributed by atoms with Crippen LogP contribution in [-0.2, 0) is 11.3 Å². The normalized spacial score (nSPS) is 14.4. The Morgan fingerprint density at radius 3 is 2.58 bits per heavy atom. The van der Waals surface area contributed by atoms with Gasteiger partial charge >= 0.3 is 0 Å². The fourth-order valence-corrected chi connectivity index (χ4v) is 6.73. The summed E-state index contributed by atoms with van der Waals surface area (Å²) in [5.41, 5.74) is 3.18. The zero-order valence-electron chi connectivity index (χ0n) is 26.9. The van der Waals surface area contributed by atoms with Crippen molar-refractivity contribution in [2.75, 3.05) is 38.6 Å². The summed E-state index contributed by atoms with van der Waals surface area (Å²) in [4.78, 5) is 47.6. The summed E-state index contributed by atoms with van der Waals surface area (Å²) in [5.74, 6) is 0.0332. The van der Waals surface area contributed by atoms with E-state index >= 15 is 0 Å². The van der Waals surface area contributed by atoms with Gasteiger partial charge in [-0.2, -0.15) is 0 Å². The first-order valence-electron chi connectivity index (χ1n) is 15.1. The van der Waals surface area contributed by atoms with Crippen molar-refractivity contribution < 1.29 is 19.1 Å². The third kappa shape index (κ3) is 8.96. The number of nitrogens with zero attached hydrogens (tertiary/aromatic N) is 3. The zero-order chi connectivity index (χ0) is 32.7. The Balaban J connectivity index is 1.43. The van der Waals surface area contributed by atoms with Gasteiger partial charge in [-0.05, 0) is 67.2 Å². The smallest absolute Gasteiger partial charge is 0.257 e. The van der Waals surface area contributed by atoms with E-state index in [2.05, 4.69) is 49.9 Å². The Kier molecular flexibility index (Phi) is 11.5. The lowest BCUT2D eigenvalue weighted by Gasteiger charge is -2.28. The van der Waals surface area contributed by atoms with Crippen LogP contribution in [0.2, 0.25) is 0 Å². The molecule has 9 nitrogen and oxygen atoms in total. The van der Waals surface area contributed by atoms with Crippen molar-refractivity contribution in [3.63, 3.8) is 0 Å². The molecule has 1 aliphatic heterocycles. The van der Waals surface area contributed by atoms with Crippen molar-refractivity contribution >= 4 is 46.0 Å². The van der Waals surface area contributed by atoms with Crippen LogP contribution >= 0.6 is 23.1 Å². The lowest BCUT2D eigenvalue weighted by Crippen LogP contribution is -2.37. The topological polar surface area (TPSA) is 104 Å². The molecule has 2 aromatic carbocycles. The van der Waals surface area contributed by atoms with Crippen molar-refractivity contribution in [1.29, 1.82) is 0 Å². The van der Waals surface area contributed by atoms with Crippen LogP contribution in [0.3, 0.4) is 0 Å². The van der Waals surface area contributed by atoms with Crippen LogP contribution in [0, 0.1) is 12.3 Å². The number of amides is 3. The first-order valence-corrected chi connectivity index (χ1v) is 16.7. The average molecular weight is 650 g/mol. The summed E-state index contributed by atoms with van der Waals surface area (Å²) in [6, 6.07) is 11.7. The molecular weight excluding hydrogens is 607 g/mol. The van der Waals surface area contributed by atoms with E-state index in [0.717, 1.165) is 20.2 Å². The van der Waals surface area contributed by atoms with E-state index in [4.69, 9.17) is 4.74 Å². The van der Waals surface area contributed by atoms with Gasteiger partial charge in [0.1, 0.15) is 5.75 Å². The Labute approximate surface area is 274 Å². The molecule has 0 unspecified atom stereocenters. The maximum absolute atomic E-state index is 13.6. The number of nitrogens with one attached hydrogen (secondary N) is 2. The van der Waals surface area contributed by atoms with E-state index < -0.39 is 0 Å². The molecular formula is C34H43N5O4S2. The quantitative estimate of drug-likeness (QED) is 0.250. The minimum atomic E-state index is -0.217. The monoisotopic (exact) mass is 649 g/mol. The van der Waals surface area contributed by atoms with Crippen LogP contribution in [0.5, 0.6) is 5.75 Å². The van der Waals surface area contributed by atoms with Gasteiger partial charge in [-0.1, -0.05) is 62.6 Å². The average Bonchev–Trinajstić information content (AvgIpc) is 3.30. The molecule has 1 saturated heterocycles. The number of carbonyl (C=O) groups is 3. The number of aromatic nitrogens is 1. The number of methoxy groups -OCH3 is 1. The maximum atomic E-state index is 13.6. The van der Waals surface area contributed by atoms with E-state index in [0.29, 0.717) is 67.2 Å². The van der Waals surface area contributed by atoms with E-state index in [1.165, 1.54) is 29.2 Å². The molecule has 240 valence electrons. The lowest BCUT2D eigenvalue weighted by atomic mass is 9.88. The van der Waals surface area contributed by atoms with Crippen LogP contribution in [0.15, 0.2) is 64.4 Å². The molecule has 0 bridgehead atoms. The number of ether oxygens (including phenoxy) is 1. The van der Waals surface area contributed by atoms with Gasteiger partial charge in [-0.25, -0.2) is 4.98 Å². The number of carbonyl (C=O) groups excluding carboxylic acids is 3. The molecule has 0 aliphatic carbocycles. The molecule has 0 spiro atoms. The molecule has 1 aromatic heterocycles. The van der Waals surface area contributed by atoms with Gasteiger partial charge in [0.2, 0.25) is 5.91 Å². The number of benzene rings is 2. The van der Waals surface area contributed by atoms with Crippen molar-refractivity contribution in [1.82, 2.24) is 20.1 Å². The summed E-state index contributed by atoms with van der Waals surface area (Å²) in [5, 5.41) is 6.97. The molecule has 1 aliphatic rings. The molecule has 0 saturated carbocycles. The molecule has 2 N–H and O–H groups in total. The van der Waals surface area contributed by atoms with Crippen molar-refractivity contribution in [2.24, 2.45) is 5.41 Å². The fraction of sp³-hybridized carbons (Fsp3) is 0.412. The van der Waals surface area contributed by atoms with Crippen molar-refractivity contribution in [2.45, 2.75) is 62.7 Å². The zero-order valence-corrected chi connectivity index (χ0v) is 28.6. The largest absolute Gasteiger partial charge is 0.496 e. The number of aryl methyl sites for hydroxylation is 1. The Bertz CT molecular complexity index is 1550. The first-order chi connectivity index (χ1) is 21.4. The number of thiazole rings is 1. The minimum Gasteiger partial charge on any atom is -0.496 e. The number of anilines is 1. The summed E-state index contributed by atoms with van der Waals surface area (Å²) in [6.45, 7) is 17.0. The number of hydrogen-bond acceptors (Lipinski definition) is 8. The van der Waals surface area contributed by atoms with Crippen LogP contribution in [0.4, 0.5) is 5.13 Å². The minimum absolute atomic E-state index is 0.122. The fourth-order valence-electron chi connectivity index (χ4n) is 4.79. The molecule has 0 radical (unpaired) electrons. The van der Waals surface area contributed by atoms with Gasteiger partial charge in [0.05, 0.1) is 23.1 Å². The summed E-state index contributed by atoms with van der Waals surface area (Å²) < 4.78 is 6.47. The molecule has 45 heavy (non-hydrogen) atoms. The molecule has 1 atom stereocenters. The second-order valence-corrected chi connectivity index (χ2v) is 14.6. The number of hydrogen-bond donors (Lipinski definition) is 2. The second kappa shape index (κ2) is 15.1. The molecule has 2 heterocycles. The van der Waals surface area contributed by atoms with Crippen LogP contribution in [0.1, 0.15) is 66.0 Å². The Morgan fingerprint density at radius 2 is 1.87 bits per heavy atom. The third-order valence-electron chi connectivity index (χ3n) is 8.01. The standard InChI is InChI=1S/C34H43N5O4S2/c1-8-29(40)38-13-10-14-39(16-15-38)32(42)26-19-28(22(2)17-27(26)43-7)44-30-21-36-33(45-30)37-31(41)25-12-9-11-24(18-25)20-35-23(3)34(4,5)6/h8-9,11-12,17-19,21,23,35H,1,10,13-16,20H2,2-7H3,(H,36,37,41)/t23-/m1/s1. The second-order valence-electron chi connectivity index (χ2n) is 12.2. The van der Waals surface area contributed by atoms with Crippen molar-refractivity contribution in [3.05, 3.63) is 77.5 Å². The molecule has 1 fully saturated rings. The highest BCUT2D eigenvalue weighted by Gasteiger charge is 2.25.